The second-order valence-corrected chi connectivity index (χ2v) is 3.53. The lowest BCUT2D eigenvalue weighted by molar-refractivity contribution is 0.150. The maximum Gasteiger partial charge on any atom is 0.0589 e. The van der Waals surface area contributed by atoms with Crippen molar-refractivity contribution in [1.82, 2.24) is 10.2 Å². The molecule has 0 heterocycles. The van der Waals surface area contributed by atoms with Crippen LogP contribution in [0.25, 0.3) is 0 Å². The van der Waals surface area contributed by atoms with Gasteiger partial charge < -0.3 is 15.0 Å². The highest BCUT2D eigenvalue weighted by atomic mass is 16.5. The van der Waals surface area contributed by atoms with Crippen LogP contribution < -0.4 is 5.32 Å². The van der Waals surface area contributed by atoms with Gasteiger partial charge in [-0.3, -0.25) is 0 Å². The predicted molar refractivity (Wildman–Crippen MR) is 61.8 cm³/mol. The Morgan fingerprint density at radius 2 is 1.93 bits per heavy atom. The maximum atomic E-state index is 5.06. The van der Waals surface area contributed by atoms with Gasteiger partial charge in [0.2, 0.25) is 0 Å². The molecule has 0 saturated carbocycles. The zero-order valence-corrected chi connectivity index (χ0v) is 10.0. The molecule has 0 aliphatic carbocycles. The highest BCUT2D eigenvalue weighted by Gasteiger charge is 2.00. The molecule has 14 heavy (non-hydrogen) atoms. The van der Waals surface area contributed by atoms with Crippen LogP contribution in [0.3, 0.4) is 0 Å². The van der Waals surface area contributed by atoms with Crippen LogP contribution in [0.5, 0.6) is 0 Å². The third kappa shape index (κ3) is 8.48. The molecule has 0 spiro atoms. The summed E-state index contributed by atoms with van der Waals surface area (Å²) in [6, 6.07) is 0. The Bertz CT molecular complexity index is 109. The summed E-state index contributed by atoms with van der Waals surface area (Å²) in [5, 5.41) is 3.41. The zero-order chi connectivity index (χ0) is 10.6. The first kappa shape index (κ1) is 13.9. The summed E-state index contributed by atoms with van der Waals surface area (Å²) in [5.41, 5.74) is 0. The molecule has 0 aliphatic heterocycles. The van der Waals surface area contributed by atoms with Gasteiger partial charge in [-0.05, 0) is 39.0 Å². The first-order chi connectivity index (χ1) is 6.85. The van der Waals surface area contributed by atoms with Gasteiger partial charge >= 0.3 is 0 Å². The lowest BCUT2D eigenvalue weighted by Crippen LogP contribution is -2.30. The van der Waals surface area contributed by atoms with Crippen LogP contribution in [0.2, 0.25) is 0 Å². The van der Waals surface area contributed by atoms with Crippen molar-refractivity contribution < 1.29 is 4.74 Å². The number of rotatable bonds is 10. The lowest BCUT2D eigenvalue weighted by atomic mass is 10.3. The van der Waals surface area contributed by atoms with E-state index in [-0.39, 0.29) is 0 Å². The minimum Gasteiger partial charge on any atom is -0.383 e. The van der Waals surface area contributed by atoms with Crippen molar-refractivity contribution in [2.45, 2.75) is 26.7 Å². The quantitative estimate of drug-likeness (QED) is 0.541. The van der Waals surface area contributed by atoms with Crippen molar-refractivity contribution in [3.8, 4) is 0 Å². The number of nitrogens with one attached hydrogen (secondary N) is 1. The summed E-state index contributed by atoms with van der Waals surface area (Å²) in [6.45, 7) is 10.9. The van der Waals surface area contributed by atoms with E-state index in [1.54, 1.807) is 7.11 Å². The Morgan fingerprint density at radius 3 is 2.50 bits per heavy atom. The molecule has 0 radical (unpaired) electrons. The minimum atomic E-state index is 0.843. The monoisotopic (exact) mass is 202 g/mol. The highest BCUT2D eigenvalue weighted by molar-refractivity contribution is 4.56. The average Bonchev–Trinajstić information content (AvgIpc) is 2.22. The number of methoxy groups -OCH3 is 1. The summed E-state index contributed by atoms with van der Waals surface area (Å²) >= 11 is 0. The third-order valence-electron chi connectivity index (χ3n) is 2.31. The molecule has 0 fully saturated rings. The SMILES string of the molecule is CCCNCCCN(CC)CCOC. The molecule has 1 N–H and O–H groups in total. The number of hydrogen-bond acceptors (Lipinski definition) is 3. The van der Waals surface area contributed by atoms with Crippen molar-refractivity contribution in [3.05, 3.63) is 0 Å². The Morgan fingerprint density at radius 1 is 1.14 bits per heavy atom. The topological polar surface area (TPSA) is 24.5 Å². The summed E-state index contributed by atoms with van der Waals surface area (Å²) in [5.74, 6) is 0. The summed E-state index contributed by atoms with van der Waals surface area (Å²) in [6.07, 6.45) is 2.46. The molecular weight excluding hydrogens is 176 g/mol. The molecule has 86 valence electrons. The molecule has 0 unspecified atom stereocenters. The fourth-order valence-electron chi connectivity index (χ4n) is 1.38. The van der Waals surface area contributed by atoms with Crippen LogP contribution in [0.4, 0.5) is 0 Å². The first-order valence-corrected chi connectivity index (χ1v) is 5.77. The minimum absolute atomic E-state index is 0.843. The van der Waals surface area contributed by atoms with Crippen LogP contribution in [0.1, 0.15) is 26.7 Å². The van der Waals surface area contributed by atoms with E-state index in [1.807, 2.05) is 0 Å². The van der Waals surface area contributed by atoms with E-state index in [4.69, 9.17) is 4.74 Å². The van der Waals surface area contributed by atoms with Crippen LogP contribution in [-0.4, -0.2) is 51.3 Å². The Balaban J connectivity index is 3.24. The van der Waals surface area contributed by atoms with Gasteiger partial charge in [-0.2, -0.15) is 0 Å². The normalized spacial score (nSPS) is 11.1. The van der Waals surface area contributed by atoms with Gasteiger partial charge in [-0.25, -0.2) is 0 Å². The molecule has 0 aromatic heterocycles. The van der Waals surface area contributed by atoms with E-state index in [0.29, 0.717) is 0 Å². The summed E-state index contributed by atoms with van der Waals surface area (Å²) < 4.78 is 5.06. The van der Waals surface area contributed by atoms with Crippen molar-refractivity contribution >= 4 is 0 Å². The Kier molecular flexibility index (Phi) is 10.9. The van der Waals surface area contributed by atoms with Crippen LogP contribution in [0, 0.1) is 0 Å². The molecule has 3 heteroatoms. The van der Waals surface area contributed by atoms with Crippen LogP contribution >= 0.6 is 0 Å². The molecule has 0 amide bonds. The standard InChI is InChI=1S/C11H26N2O/c1-4-7-12-8-6-9-13(5-2)10-11-14-3/h12H,4-11H2,1-3H3. The number of ether oxygens (including phenoxy) is 1. The highest BCUT2D eigenvalue weighted by Crippen LogP contribution is 1.90. The Labute approximate surface area is 88.8 Å². The van der Waals surface area contributed by atoms with Gasteiger partial charge in [0, 0.05) is 13.7 Å². The van der Waals surface area contributed by atoms with Crippen molar-refractivity contribution in [2.24, 2.45) is 0 Å². The number of likely N-dealkylation sites (N-methyl/N-ethyl adjacent to an activating group) is 1. The second-order valence-electron chi connectivity index (χ2n) is 3.53. The van der Waals surface area contributed by atoms with Crippen molar-refractivity contribution in [2.75, 3.05) is 46.4 Å². The number of hydrogen-bond donors (Lipinski definition) is 1. The lowest BCUT2D eigenvalue weighted by Gasteiger charge is -2.19. The molecule has 0 aromatic rings. The van der Waals surface area contributed by atoms with Crippen LogP contribution in [0.15, 0.2) is 0 Å². The number of nitrogens with zero attached hydrogens (tertiary/aromatic N) is 1. The first-order valence-electron chi connectivity index (χ1n) is 5.77. The van der Waals surface area contributed by atoms with E-state index >= 15 is 0 Å². The molecular formula is C11H26N2O. The van der Waals surface area contributed by atoms with E-state index in [9.17, 15) is 0 Å². The van der Waals surface area contributed by atoms with Gasteiger partial charge in [-0.15, -0.1) is 0 Å². The molecule has 0 rings (SSSR count). The van der Waals surface area contributed by atoms with E-state index < -0.39 is 0 Å². The van der Waals surface area contributed by atoms with Gasteiger partial charge in [0.15, 0.2) is 0 Å². The summed E-state index contributed by atoms with van der Waals surface area (Å²) in [4.78, 5) is 2.43. The van der Waals surface area contributed by atoms with Crippen molar-refractivity contribution in [3.63, 3.8) is 0 Å². The van der Waals surface area contributed by atoms with Gasteiger partial charge in [0.05, 0.1) is 6.61 Å². The predicted octanol–water partition coefficient (Wildman–Crippen LogP) is 1.34. The van der Waals surface area contributed by atoms with Crippen molar-refractivity contribution in [1.29, 1.82) is 0 Å². The zero-order valence-electron chi connectivity index (χ0n) is 10.0. The van der Waals surface area contributed by atoms with Gasteiger partial charge in [-0.1, -0.05) is 13.8 Å². The van der Waals surface area contributed by atoms with E-state index in [0.717, 1.165) is 32.8 Å². The molecule has 0 saturated heterocycles. The summed E-state index contributed by atoms with van der Waals surface area (Å²) in [7, 11) is 1.76. The van der Waals surface area contributed by atoms with Crippen LogP contribution in [-0.2, 0) is 4.74 Å². The fraction of sp³-hybridized carbons (Fsp3) is 1.00. The largest absolute Gasteiger partial charge is 0.383 e. The van der Waals surface area contributed by atoms with Gasteiger partial charge in [0.25, 0.3) is 0 Å². The smallest absolute Gasteiger partial charge is 0.0589 e. The molecule has 0 aromatic carbocycles. The Hall–Kier alpha value is -0.120. The molecule has 0 bridgehead atoms. The van der Waals surface area contributed by atoms with Gasteiger partial charge in [0.1, 0.15) is 0 Å². The third-order valence-corrected chi connectivity index (χ3v) is 2.31. The fourth-order valence-corrected chi connectivity index (χ4v) is 1.38. The van der Waals surface area contributed by atoms with E-state index in [2.05, 4.69) is 24.1 Å². The average molecular weight is 202 g/mol. The molecule has 3 nitrogen and oxygen atoms in total. The molecule has 0 atom stereocenters. The molecule has 0 aliphatic rings. The second kappa shape index (κ2) is 11.0. The maximum absolute atomic E-state index is 5.06. The van der Waals surface area contributed by atoms with E-state index in [1.165, 1.54) is 19.4 Å².